The summed E-state index contributed by atoms with van der Waals surface area (Å²) >= 11 is 3.21. The summed E-state index contributed by atoms with van der Waals surface area (Å²) in [6.45, 7) is -0.165. The highest BCUT2D eigenvalue weighted by Crippen LogP contribution is 2.27. The molecule has 0 saturated carbocycles. The zero-order valence-electron chi connectivity index (χ0n) is 10.7. The van der Waals surface area contributed by atoms with Gasteiger partial charge in [-0.25, -0.2) is 8.78 Å². The highest BCUT2D eigenvalue weighted by atomic mass is 79.9. The van der Waals surface area contributed by atoms with E-state index in [1.165, 1.54) is 30.3 Å². The fourth-order valence-corrected chi connectivity index (χ4v) is 2.18. The van der Waals surface area contributed by atoms with E-state index < -0.39 is 16.6 Å². The van der Waals surface area contributed by atoms with Crippen molar-refractivity contribution in [3.63, 3.8) is 0 Å². The van der Waals surface area contributed by atoms with Gasteiger partial charge < -0.3 is 4.74 Å². The van der Waals surface area contributed by atoms with Crippen molar-refractivity contribution in [3.05, 3.63) is 69.3 Å². The minimum Gasteiger partial charge on any atom is -0.488 e. The Labute approximate surface area is 127 Å². The molecule has 0 spiro atoms. The van der Waals surface area contributed by atoms with Crippen LogP contribution in [0.2, 0.25) is 0 Å². The van der Waals surface area contributed by atoms with E-state index in [0.717, 1.165) is 6.07 Å². The molecule has 0 unspecified atom stereocenters. The number of benzene rings is 2. The Morgan fingerprint density at radius 3 is 2.62 bits per heavy atom. The Bertz CT molecular complexity index is 679. The molecule has 2 aromatic rings. The van der Waals surface area contributed by atoms with Crippen LogP contribution in [0.25, 0.3) is 0 Å². The van der Waals surface area contributed by atoms with Crippen LogP contribution in [0.5, 0.6) is 5.75 Å². The second-order valence-electron chi connectivity index (χ2n) is 4.18. The predicted octanol–water partition coefficient (Wildman–Crippen LogP) is 4.35. The van der Waals surface area contributed by atoms with Gasteiger partial charge in [-0.15, -0.1) is 0 Å². The first kappa shape index (κ1) is 15.4. The molecule has 0 fully saturated rings. The zero-order valence-corrected chi connectivity index (χ0v) is 12.3. The molecular formula is C14H10BrF2NO3. The lowest BCUT2D eigenvalue weighted by Gasteiger charge is -2.10. The average molecular weight is 358 g/mol. The Morgan fingerprint density at radius 2 is 1.95 bits per heavy atom. The molecule has 4 nitrogen and oxygen atoms in total. The van der Waals surface area contributed by atoms with Gasteiger partial charge in [0.1, 0.15) is 12.4 Å². The molecule has 0 atom stereocenters. The van der Waals surface area contributed by atoms with E-state index in [1.807, 2.05) is 0 Å². The van der Waals surface area contributed by atoms with E-state index in [0.29, 0.717) is 16.6 Å². The minimum atomic E-state index is -0.959. The Balaban J connectivity index is 2.20. The monoisotopic (exact) mass is 357 g/mol. The van der Waals surface area contributed by atoms with Gasteiger partial charge in [-0.3, -0.25) is 10.1 Å². The highest BCUT2D eigenvalue weighted by molar-refractivity contribution is 9.08. The van der Waals surface area contributed by atoms with E-state index in [4.69, 9.17) is 4.74 Å². The Morgan fingerprint density at radius 1 is 1.19 bits per heavy atom. The van der Waals surface area contributed by atoms with Crippen molar-refractivity contribution in [2.24, 2.45) is 0 Å². The molecule has 0 heterocycles. The van der Waals surface area contributed by atoms with Gasteiger partial charge in [0.25, 0.3) is 5.69 Å². The maximum atomic E-state index is 13.5. The fraction of sp³-hybridized carbons (Fsp3) is 0.143. The number of alkyl halides is 1. The number of halogens is 3. The summed E-state index contributed by atoms with van der Waals surface area (Å²) in [5.74, 6) is -1.53. The lowest BCUT2D eigenvalue weighted by molar-refractivity contribution is -0.384. The third kappa shape index (κ3) is 3.55. The summed E-state index contributed by atoms with van der Waals surface area (Å²) in [7, 11) is 0. The lowest BCUT2D eigenvalue weighted by atomic mass is 10.2. The van der Waals surface area contributed by atoms with E-state index >= 15 is 0 Å². The van der Waals surface area contributed by atoms with E-state index in [9.17, 15) is 18.9 Å². The molecular weight excluding hydrogens is 348 g/mol. The molecule has 21 heavy (non-hydrogen) atoms. The van der Waals surface area contributed by atoms with Crippen LogP contribution in [0.15, 0.2) is 36.4 Å². The Kier molecular flexibility index (Phi) is 4.85. The molecule has 0 aliphatic rings. The van der Waals surface area contributed by atoms with Crippen LogP contribution >= 0.6 is 15.9 Å². The number of nitrogens with zero attached hydrogens (tertiary/aromatic N) is 1. The summed E-state index contributed by atoms with van der Waals surface area (Å²) in [6.07, 6.45) is 0. The van der Waals surface area contributed by atoms with Crippen LogP contribution in [0.3, 0.4) is 0 Å². The van der Waals surface area contributed by atoms with Gasteiger partial charge in [0, 0.05) is 28.6 Å². The summed E-state index contributed by atoms with van der Waals surface area (Å²) < 4.78 is 32.0. The molecule has 2 aromatic carbocycles. The molecule has 7 heteroatoms. The number of rotatable bonds is 5. The first-order valence-electron chi connectivity index (χ1n) is 5.92. The lowest BCUT2D eigenvalue weighted by Crippen LogP contribution is -2.02. The van der Waals surface area contributed by atoms with Crippen LogP contribution in [-0.4, -0.2) is 4.92 Å². The van der Waals surface area contributed by atoms with Gasteiger partial charge in [0.2, 0.25) is 0 Å². The first-order chi connectivity index (χ1) is 10.0. The van der Waals surface area contributed by atoms with Crippen molar-refractivity contribution in [3.8, 4) is 5.75 Å². The van der Waals surface area contributed by atoms with Crippen molar-refractivity contribution >= 4 is 21.6 Å². The van der Waals surface area contributed by atoms with Gasteiger partial charge in [0.05, 0.1) is 4.92 Å². The topological polar surface area (TPSA) is 52.4 Å². The SMILES string of the molecule is O=[N+]([O-])c1ccc(OCc2cccc(F)c2F)c(CBr)c1. The van der Waals surface area contributed by atoms with Gasteiger partial charge >= 0.3 is 0 Å². The highest BCUT2D eigenvalue weighted by Gasteiger charge is 2.13. The summed E-state index contributed by atoms with van der Waals surface area (Å²) in [5.41, 5.74) is 0.573. The largest absolute Gasteiger partial charge is 0.488 e. The van der Waals surface area contributed by atoms with Crippen molar-refractivity contribution in [2.75, 3.05) is 0 Å². The standard InChI is InChI=1S/C14H10BrF2NO3/c15-7-10-6-11(18(19)20)4-5-13(10)21-8-9-2-1-3-12(16)14(9)17/h1-6H,7-8H2. The second-order valence-corrected chi connectivity index (χ2v) is 4.75. The molecule has 0 saturated heterocycles. The predicted molar refractivity (Wildman–Crippen MR) is 76.4 cm³/mol. The van der Waals surface area contributed by atoms with E-state index in [2.05, 4.69) is 15.9 Å². The first-order valence-corrected chi connectivity index (χ1v) is 7.04. The van der Waals surface area contributed by atoms with Crippen molar-refractivity contribution in [1.29, 1.82) is 0 Å². The molecule has 2 rings (SSSR count). The molecule has 0 bridgehead atoms. The van der Waals surface area contributed by atoms with E-state index in [1.54, 1.807) is 0 Å². The second kappa shape index (κ2) is 6.62. The normalized spacial score (nSPS) is 10.4. The van der Waals surface area contributed by atoms with Gasteiger partial charge in [-0.05, 0) is 12.1 Å². The maximum absolute atomic E-state index is 13.5. The minimum absolute atomic E-state index is 0.0614. The van der Waals surface area contributed by atoms with Crippen molar-refractivity contribution in [1.82, 2.24) is 0 Å². The molecule has 0 N–H and O–H groups in total. The number of hydrogen-bond donors (Lipinski definition) is 0. The number of nitro groups is 1. The van der Waals surface area contributed by atoms with Crippen LogP contribution in [-0.2, 0) is 11.9 Å². The molecule has 110 valence electrons. The fourth-order valence-electron chi connectivity index (χ4n) is 1.74. The summed E-state index contributed by atoms with van der Waals surface area (Å²) in [5, 5.41) is 11.0. The van der Waals surface area contributed by atoms with Crippen molar-refractivity contribution < 1.29 is 18.4 Å². The number of nitro benzene ring substituents is 1. The van der Waals surface area contributed by atoms with Gasteiger partial charge in [0.15, 0.2) is 11.6 Å². The quantitative estimate of drug-likeness (QED) is 0.454. The van der Waals surface area contributed by atoms with E-state index in [-0.39, 0.29) is 17.9 Å². The summed E-state index contributed by atoms with van der Waals surface area (Å²) in [4.78, 5) is 10.2. The zero-order chi connectivity index (χ0) is 15.4. The smallest absolute Gasteiger partial charge is 0.270 e. The third-order valence-corrected chi connectivity index (χ3v) is 3.42. The number of ether oxygens (including phenoxy) is 1. The third-order valence-electron chi connectivity index (χ3n) is 2.81. The average Bonchev–Trinajstić information content (AvgIpc) is 2.48. The summed E-state index contributed by atoms with van der Waals surface area (Å²) in [6, 6.07) is 7.92. The van der Waals surface area contributed by atoms with Gasteiger partial charge in [-0.1, -0.05) is 28.1 Å². The number of non-ortho nitro benzene ring substituents is 1. The number of hydrogen-bond acceptors (Lipinski definition) is 3. The molecule has 0 amide bonds. The molecule has 0 aliphatic heterocycles. The van der Waals surface area contributed by atoms with Crippen LogP contribution in [0.4, 0.5) is 14.5 Å². The van der Waals surface area contributed by atoms with Crippen LogP contribution in [0.1, 0.15) is 11.1 Å². The Hall–Kier alpha value is -2.02. The molecule has 0 radical (unpaired) electrons. The molecule has 0 aromatic heterocycles. The van der Waals surface area contributed by atoms with Crippen molar-refractivity contribution in [2.45, 2.75) is 11.9 Å². The van der Waals surface area contributed by atoms with Crippen LogP contribution in [0, 0.1) is 21.7 Å². The van der Waals surface area contributed by atoms with Crippen LogP contribution < -0.4 is 4.74 Å². The molecule has 0 aliphatic carbocycles. The van der Waals surface area contributed by atoms with Gasteiger partial charge in [-0.2, -0.15) is 0 Å². The maximum Gasteiger partial charge on any atom is 0.270 e.